The van der Waals surface area contributed by atoms with Crippen molar-refractivity contribution in [1.82, 2.24) is 9.80 Å². The number of aliphatic carboxylic acids is 1. The molecule has 7 heteroatoms. The quantitative estimate of drug-likeness (QED) is 0.811. The number of nitrogens with zero attached hydrogens (tertiary/aromatic N) is 2. The summed E-state index contributed by atoms with van der Waals surface area (Å²) in [7, 11) is 0. The van der Waals surface area contributed by atoms with E-state index >= 15 is 0 Å². The fourth-order valence-electron chi connectivity index (χ4n) is 2.43. The second-order valence-corrected chi connectivity index (χ2v) is 6.84. The van der Waals surface area contributed by atoms with E-state index in [2.05, 4.69) is 4.90 Å². The van der Waals surface area contributed by atoms with Gasteiger partial charge in [0.05, 0.1) is 12.2 Å². The molecular formula is C16H21ClN2O3S. The molecule has 0 atom stereocenters. The van der Waals surface area contributed by atoms with Gasteiger partial charge in [0.2, 0.25) is 5.91 Å². The minimum Gasteiger partial charge on any atom is -0.481 e. The summed E-state index contributed by atoms with van der Waals surface area (Å²) in [6.45, 7) is 3.39. The molecule has 0 radical (unpaired) electrons. The SMILES string of the molecule is O=C(O)CCN1CCN(C(=O)CSCc2ccccc2Cl)CC1. The molecule has 1 amide bonds. The monoisotopic (exact) mass is 356 g/mol. The lowest BCUT2D eigenvalue weighted by Gasteiger charge is -2.34. The summed E-state index contributed by atoms with van der Waals surface area (Å²) in [6, 6.07) is 7.67. The van der Waals surface area contributed by atoms with Gasteiger partial charge >= 0.3 is 5.97 Å². The summed E-state index contributed by atoms with van der Waals surface area (Å²) in [4.78, 5) is 26.7. The highest BCUT2D eigenvalue weighted by molar-refractivity contribution is 7.99. The van der Waals surface area contributed by atoms with E-state index in [1.54, 1.807) is 11.8 Å². The van der Waals surface area contributed by atoms with Gasteiger partial charge in [-0.15, -0.1) is 11.8 Å². The van der Waals surface area contributed by atoms with Crippen molar-refractivity contribution in [2.75, 3.05) is 38.5 Å². The Morgan fingerprint density at radius 2 is 1.87 bits per heavy atom. The van der Waals surface area contributed by atoms with Crippen LogP contribution in [0.2, 0.25) is 5.02 Å². The Kier molecular flexibility index (Phi) is 7.20. The number of carbonyl (C=O) groups excluding carboxylic acids is 1. The molecule has 2 rings (SSSR count). The number of carbonyl (C=O) groups is 2. The van der Waals surface area contributed by atoms with Crippen molar-refractivity contribution in [2.45, 2.75) is 12.2 Å². The summed E-state index contributed by atoms with van der Waals surface area (Å²) in [6.07, 6.45) is 0.154. The zero-order valence-electron chi connectivity index (χ0n) is 12.9. The van der Waals surface area contributed by atoms with Gasteiger partial charge < -0.3 is 10.0 Å². The number of thioether (sulfide) groups is 1. The fourth-order valence-corrected chi connectivity index (χ4v) is 3.64. The third kappa shape index (κ3) is 6.05. The number of piperazine rings is 1. The molecule has 0 bridgehead atoms. The van der Waals surface area contributed by atoms with Crippen LogP contribution in [0.15, 0.2) is 24.3 Å². The standard InChI is InChI=1S/C16H21ClN2O3S/c17-14-4-2-1-3-13(14)11-23-12-15(20)19-9-7-18(8-10-19)6-5-16(21)22/h1-4H,5-12H2,(H,21,22). The number of halogens is 1. The number of rotatable bonds is 7. The van der Waals surface area contributed by atoms with E-state index in [0.717, 1.165) is 29.4 Å². The molecule has 1 aliphatic heterocycles. The van der Waals surface area contributed by atoms with Crippen LogP contribution in [0, 0.1) is 0 Å². The summed E-state index contributed by atoms with van der Waals surface area (Å²) in [5.74, 6) is 0.532. The minimum atomic E-state index is -0.778. The Morgan fingerprint density at radius 1 is 1.17 bits per heavy atom. The Balaban J connectivity index is 1.67. The van der Waals surface area contributed by atoms with Crippen LogP contribution in [0.25, 0.3) is 0 Å². The summed E-state index contributed by atoms with van der Waals surface area (Å²) >= 11 is 7.67. The van der Waals surface area contributed by atoms with E-state index in [-0.39, 0.29) is 12.3 Å². The first-order valence-electron chi connectivity index (χ1n) is 7.59. The highest BCUT2D eigenvalue weighted by Gasteiger charge is 2.21. The third-order valence-electron chi connectivity index (χ3n) is 3.81. The van der Waals surface area contributed by atoms with E-state index < -0.39 is 5.97 Å². The van der Waals surface area contributed by atoms with Crippen molar-refractivity contribution in [3.8, 4) is 0 Å². The Hall–Kier alpha value is -1.24. The Morgan fingerprint density at radius 3 is 2.52 bits per heavy atom. The van der Waals surface area contributed by atoms with Gasteiger partial charge in [-0.1, -0.05) is 29.8 Å². The fraction of sp³-hybridized carbons (Fsp3) is 0.500. The number of carboxylic acids is 1. The van der Waals surface area contributed by atoms with Crippen LogP contribution in [-0.4, -0.2) is 65.3 Å². The molecule has 0 aromatic heterocycles. The predicted molar refractivity (Wildman–Crippen MR) is 92.9 cm³/mol. The van der Waals surface area contributed by atoms with Crippen molar-refractivity contribution in [2.24, 2.45) is 0 Å². The van der Waals surface area contributed by atoms with Gasteiger partial charge in [-0.25, -0.2) is 0 Å². The normalized spacial score (nSPS) is 15.6. The lowest BCUT2D eigenvalue weighted by Crippen LogP contribution is -2.49. The molecule has 0 spiro atoms. The molecule has 126 valence electrons. The van der Waals surface area contributed by atoms with Gasteiger partial charge in [-0.3, -0.25) is 14.5 Å². The smallest absolute Gasteiger partial charge is 0.304 e. The number of benzene rings is 1. The maximum absolute atomic E-state index is 12.2. The largest absolute Gasteiger partial charge is 0.481 e. The molecule has 0 saturated carbocycles. The summed E-state index contributed by atoms with van der Waals surface area (Å²) in [5.41, 5.74) is 1.05. The molecular weight excluding hydrogens is 336 g/mol. The molecule has 1 heterocycles. The lowest BCUT2D eigenvalue weighted by molar-refractivity contribution is -0.138. The molecule has 1 aliphatic rings. The molecule has 1 saturated heterocycles. The molecule has 1 N–H and O–H groups in total. The molecule has 1 aromatic carbocycles. The van der Waals surface area contributed by atoms with E-state index in [0.29, 0.717) is 25.4 Å². The second-order valence-electron chi connectivity index (χ2n) is 5.45. The van der Waals surface area contributed by atoms with Crippen molar-refractivity contribution >= 4 is 35.2 Å². The van der Waals surface area contributed by atoms with Crippen molar-refractivity contribution in [1.29, 1.82) is 0 Å². The van der Waals surface area contributed by atoms with Crippen molar-refractivity contribution in [3.05, 3.63) is 34.9 Å². The second kappa shape index (κ2) is 9.15. The molecule has 1 aromatic rings. The third-order valence-corrected chi connectivity index (χ3v) is 5.14. The van der Waals surface area contributed by atoms with Crippen LogP contribution in [0.5, 0.6) is 0 Å². The van der Waals surface area contributed by atoms with Gasteiger partial charge in [-0.2, -0.15) is 0 Å². The molecule has 0 unspecified atom stereocenters. The van der Waals surface area contributed by atoms with Crippen LogP contribution in [0.3, 0.4) is 0 Å². The topological polar surface area (TPSA) is 60.9 Å². The Labute approximate surface area is 145 Å². The van der Waals surface area contributed by atoms with Crippen LogP contribution in [0.1, 0.15) is 12.0 Å². The number of amides is 1. The van der Waals surface area contributed by atoms with Crippen LogP contribution >= 0.6 is 23.4 Å². The van der Waals surface area contributed by atoms with Gasteiger partial charge in [0, 0.05) is 43.5 Å². The number of hydrogen-bond donors (Lipinski definition) is 1. The summed E-state index contributed by atoms with van der Waals surface area (Å²) in [5, 5.41) is 9.43. The highest BCUT2D eigenvalue weighted by atomic mass is 35.5. The van der Waals surface area contributed by atoms with Crippen LogP contribution in [-0.2, 0) is 15.3 Å². The van der Waals surface area contributed by atoms with Crippen molar-refractivity contribution in [3.63, 3.8) is 0 Å². The highest BCUT2D eigenvalue weighted by Crippen LogP contribution is 2.21. The van der Waals surface area contributed by atoms with E-state index in [9.17, 15) is 9.59 Å². The maximum atomic E-state index is 12.2. The minimum absolute atomic E-state index is 0.139. The van der Waals surface area contributed by atoms with Crippen molar-refractivity contribution < 1.29 is 14.7 Å². The number of hydrogen-bond acceptors (Lipinski definition) is 4. The van der Waals surface area contributed by atoms with Gasteiger partial charge in [0.1, 0.15) is 0 Å². The average molecular weight is 357 g/mol. The zero-order chi connectivity index (χ0) is 16.7. The van der Waals surface area contributed by atoms with E-state index in [1.807, 2.05) is 29.2 Å². The van der Waals surface area contributed by atoms with E-state index in [1.165, 1.54) is 0 Å². The first-order chi connectivity index (χ1) is 11.1. The molecule has 0 aliphatic carbocycles. The van der Waals surface area contributed by atoms with Crippen LogP contribution in [0.4, 0.5) is 0 Å². The van der Waals surface area contributed by atoms with Gasteiger partial charge in [0.15, 0.2) is 0 Å². The lowest BCUT2D eigenvalue weighted by atomic mass is 10.2. The Bertz CT molecular complexity index is 548. The molecule has 5 nitrogen and oxygen atoms in total. The van der Waals surface area contributed by atoms with Gasteiger partial charge in [-0.05, 0) is 11.6 Å². The van der Waals surface area contributed by atoms with Crippen LogP contribution < -0.4 is 0 Å². The maximum Gasteiger partial charge on any atom is 0.304 e. The molecule has 23 heavy (non-hydrogen) atoms. The number of carboxylic acid groups (broad SMARTS) is 1. The first kappa shape index (κ1) is 18.1. The zero-order valence-corrected chi connectivity index (χ0v) is 14.5. The average Bonchev–Trinajstić information content (AvgIpc) is 2.55. The summed E-state index contributed by atoms with van der Waals surface area (Å²) < 4.78 is 0. The first-order valence-corrected chi connectivity index (χ1v) is 9.12. The van der Waals surface area contributed by atoms with E-state index in [4.69, 9.17) is 16.7 Å². The predicted octanol–water partition coefficient (Wildman–Crippen LogP) is 2.19. The van der Waals surface area contributed by atoms with Gasteiger partial charge in [0.25, 0.3) is 0 Å². The molecule has 1 fully saturated rings.